The first-order valence-corrected chi connectivity index (χ1v) is 11.7. The molecule has 0 fully saturated rings. The smallest absolute Gasteiger partial charge is 0.338 e. The normalized spacial score (nSPS) is 20.2. The van der Waals surface area contributed by atoms with E-state index in [2.05, 4.69) is 15.3 Å². The average molecular weight is 444 g/mol. The zero-order chi connectivity index (χ0) is 21.1. The first-order chi connectivity index (χ1) is 14.5. The number of benzene rings is 1. The number of amides is 2. The molecule has 0 radical (unpaired) electrons. The van der Waals surface area contributed by atoms with Crippen LogP contribution in [0.15, 0.2) is 44.7 Å². The van der Waals surface area contributed by atoms with Gasteiger partial charge in [-0.3, -0.25) is 9.59 Å². The van der Waals surface area contributed by atoms with E-state index in [1.807, 2.05) is 0 Å². The van der Waals surface area contributed by atoms with E-state index in [1.165, 1.54) is 10.5 Å². The van der Waals surface area contributed by atoms with Crippen LogP contribution in [-0.2, 0) is 14.3 Å². The zero-order valence-corrected chi connectivity index (χ0v) is 18.1. The van der Waals surface area contributed by atoms with Crippen LogP contribution in [0, 0.1) is 5.92 Å². The Morgan fingerprint density at radius 2 is 1.97 bits per heavy atom. The third-order valence-corrected chi connectivity index (χ3v) is 7.05. The third-order valence-electron chi connectivity index (χ3n) is 4.95. The number of fused-ring (bicyclic) bond motifs is 2. The number of aliphatic imine (C=N–C) groups is 2. The largest absolute Gasteiger partial charge is 0.462 e. The molecule has 1 N–H and O–H groups in total. The van der Waals surface area contributed by atoms with Gasteiger partial charge in [0.25, 0.3) is 5.91 Å². The Balaban J connectivity index is 1.32. The van der Waals surface area contributed by atoms with Crippen LogP contribution in [0.1, 0.15) is 43.0 Å². The second-order valence-corrected chi connectivity index (χ2v) is 9.07. The van der Waals surface area contributed by atoms with Gasteiger partial charge < -0.3 is 10.1 Å². The molecule has 30 heavy (non-hydrogen) atoms. The standard InChI is InChI=1S/C21H21N3O4S2/c1-2-28-20(27)12-7-9-13(10-8-12)22-16(25)11-29-21-23-18(26)17-14-5-3-4-6-15(14)30-19(17)24-21/h7-10,17H,2-6,11H2,1H3,(H,22,25). The van der Waals surface area contributed by atoms with Crippen LogP contribution in [0.4, 0.5) is 5.69 Å². The van der Waals surface area contributed by atoms with Crippen molar-refractivity contribution in [1.82, 2.24) is 0 Å². The van der Waals surface area contributed by atoms with E-state index in [0.717, 1.165) is 42.5 Å². The predicted octanol–water partition coefficient (Wildman–Crippen LogP) is 4.02. The number of hydrogen-bond donors (Lipinski definition) is 1. The maximum atomic E-state index is 12.5. The molecular formula is C21H21N3O4S2. The zero-order valence-electron chi connectivity index (χ0n) is 16.5. The van der Waals surface area contributed by atoms with Gasteiger partial charge in [-0.2, -0.15) is 4.99 Å². The number of rotatable bonds is 5. The highest BCUT2D eigenvalue weighted by atomic mass is 32.2. The summed E-state index contributed by atoms with van der Waals surface area (Å²) in [6.45, 7) is 2.05. The Labute approximate surface area is 182 Å². The lowest BCUT2D eigenvalue weighted by molar-refractivity contribution is -0.119. The fourth-order valence-corrected chi connectivity index (χ4v) is 5.62. The summed E-state index contributed by atoms with van der Waals surface area (Å²) in [5.41, 5.74) is 2.20. The van der Waals surface area contributed by atoms with Crippen molar-refractivity contribution >= 4 is 57.2 Å². The minimum Gasteiger partial charge on any atom is -0.462 e. The van der Waals surface area contributed by atoms with Gasteiger partial charge in [-0.05, 0) is 67.4 Å². The molecule has 0 saturated carbocycles. The predicted molar refractivity (Wildman–Crippen MR) is 120 cm³/mol. The number of carbonyl (C=O) groups excluding carboxylic acids is 3. The minimum absolute atomic E-state index is 0.0883. The number of ether oxygens (including phenoxy) is 1. The van der Waals surface area contributed by atoms with Gasteiger partial charge in [0.2, 0.25) is 5.91 Å². The summed E-state index contributed by atoms with van der Waals surface area (Å²) in [5, 5.41) is 3.91. The lowest BCUT2D eigenvalue weighted by Gasteiger charge is -2.18. The number of anilines is 1. The van der Waals surface area contributed by atoms with Crippen LogP contribution >= 0.6 is 23.5 Å². The molecule has 0 saturated heterocycles. The van der Waals surface area contributed by atoms with Crippen molar-refractivity contribution in [2.24, 2.45) is 15.9 Å². The molecule has 4 rings (SSSR count). The van der Waals surface area contributed by atoms with Gasteiger partial charge in [0, 0.05) is 5.69 Å². The van der Waals surface area contributed by atoms with Crippen molar-refractivity contribution < 1.29 is 19.1 Å². The second-order valence-electron chi connectivity index (χ2n) is 7.01. The summed E-state index contributed by atoms with van der Waals surface area (Å²) in [6.07, 6.45) is 4.24. The molecular weight excluding hydrogens is 422 g/mol. The molecule has 1 aromatic rings. The Hall–Kier alpha value is -2.39. The Bertz CT molecular complexity index is 982. The monoisotopic (exact) mass is 443 g/mol. The van der Waals surface area contributed by atoms with E-state index < -0.39 is 5.97 Å². The quantitative estimate of drug-likeness (QED) is 0.691. The van der Waals surface area contributed by atoms with Crippen molar-refractivity contribution in [3.63, 3.8) is 0 Å². The molecule has 1 unspecified atom stereocenters. The van der Waals surface area contributed by atoms with Gasteiger partial charge in [-0.1, -0.05) is 23.5 Å². The van der Waals surface area contributed by atoms with E-state index in [0.29, 0.717) is 23.0 Å². The Morgan fingerprint density at radius 3 is 2.73 bits per heavy atom. The topological polar surface area (TPSA) is 97.2 Å². The fourth-order valence-electron chi connectivity index (χ4n) is 3.57. The lowest BCUT2D eigenvalue weighted by Crippen LogP contribution is -2.25. The number of thioether (sulfide) groups is 2. The van der Waals surface area contributed by atoms with E-state index >= 15 is 0 Å². The second kappa shape index (κ2) is 9.18. The molecule has 156 valence electrons. The summed E-state index contributed by atoms with van der Waals surface area (Å²) in [7, 11) is 0. The average Bonchev–Trinajstić information content (AvgIpc) is 3.12. The molecule has 2 heterocycles. The summed E-state index contributed by atoms with van der Waals surface area (Å²) in [4.78, 5) is 46.4. The van der Waals surface area contributed by atoms with E-state index in [4.69, 9.17) is 4.74 Å². The van der Waals surface area contributed by atoms with Crippen LogP contribution in [0.25, 0.3) is 0 Å². The SMILES string of the molecule is CCOC(=O)c1ccc(NC(=O)CSC2=NC(=O)C3C(=N2)SC2=C3CCCC2)cc1. The highest BCUT2D eigenvalue weighted by Crippen LogP contribution is 2.47. The molecule has 3 aliphatic rings. The molecule has 0 aromatic heterocycles. The minimum atomic E-state index is -0.399. The first kappa shape index (κ1) is 20.9. The van der Waals surface area contributed by atoms with Gasteiger partial charge in [0.15, 0.2) is 5.17 Å². The molecule has 0 spiro atoms. The van der Waals surface area contributed by atoms with Crippen LogP contribution < -0.4 is 5.32 Å². The lowest BCUT2D eigenvalue weighted by atomic mass is 9.89. The Kier molecular flexibility index (Phi) is 6.38. The van der Waals surface area contributed by atoms with Crippen LogP contribution in [0.2, 0.25) is 0 Å². The van der Waals surface area contributed by atoms with Crippen LogP contribution in [0.3, 0.4) is 0 Å². The number of nitrogens with zero attached hydrogens (tertiary/aromatic N) is 2. The summed E-state index contributed by atoms with van der Waals surface area (Å²) in [6, 6.07) is 6.49. The molecule has 9 heteroatoms. The highest BCUT2D eigenvalue weighted by Gasteiger charge is 2.40. The number of allylic oxidation sites excluding steroid dienone is 1. The third kappa shape index (κ3) is 4.52. The number of carbonyl (C=O) groups is 3. The van der Waals surface area contributed by atoms with Crippen LogP contribution in [0.5, 0.6) is 0 Å². The number of nitrogens with one attached hydrogen (secondary N) is 1. The molecule has 7 nitrogen and oxygen atoms in total. The van der Waals surface area contributed by atoms with Crippen LogP contribution in [-0.4, -0.2) is 40.4 Å². The van der Waals surface area contributed by atoms with Crippen molar-refractivity contribution in [2.75, 3.05) is 17.7 Å². The van der Waals surface area contributed by atoms with Gasteiger partial charge in [-0.15, -0.1) is 0 Å². The van der Waals surface area contributed by atoms with Gasteiger partial charge >= 0.3 is 5.97 Å². The molecule has 1 aromatic carbocycles. The number of esters is 1. The molecule has 0 bridgehead atoms. The maximum absolute atomic E-state index is 12.5. The van der Waals surface area contributed by atoms with E-state index in [-0.39, 0.29) is 23.5 Å². The number of hydrogen-bond acceptors (Lipinski definition) is 7. The van der Waals surface area contributed by atoms with Crippen molar-refractivity contribution in [3.05, 3.63) is 40.3 Å². The maximum Gasteiger partial charge on any atom is 0.338 e. The molecule has 2 aliphatic heterocycles. The van der Waals surface area contributed by atoms with Crippen molar-refractivity contribution in [3.8, 4) is 0 Å². The summed E-state index contributed by atoms with van der Waals surface area (Å²) < 4.78 is 4.94. The van der Waals surface area contributed by atoms with E-state index in [9.17, 15) is 14.4 Å². The van der Waals surface area contributed by atoms with Gasteiger partial charge in [0.05, 0.1) is 23.0 Å². The first-order valence-electron chi connectivity index (χ1n) is 9.86. The molecule has 1 atom stereocenters. The molecule has 2 amide bonds. The van der Waals surface area contributed by atoms with Gasteiger partial charge in [0.1, 0.15) is 5.92 Å². The number of amidine groups is 1. The summed E-state index contributed by atoms with van der Waals surface area (Å²) in [5.74, 6) is -1.01. The highest BCUT2D eigenvalue weighted by molar-refractivity contribution is 8.18. The fraction of sp³-hybridized carbons (Fsp3) is 0.381. The molecule has 1 aliphatic carbocycles. The summed E-state index contributed by atoms with van der Waals surface area (Å²) >= 11 is 2.76. The van der Waals surface area contributed by atoms with E-state index in [1.54, 1.807) is 43.0 Å². The van der Waals surface area contributed by atoms with Crippen molar-refractivity contribution in [2.45, 2.75) is 32.6 Å². The Morgan fingerprint density at radius 1 is 1.20 bits per heavy atom. The van der Waals surface area contributed by atoms with Crippen molar-refractivity contribution in [1.29, 1.82) is 0 Å². The van der Waals surface area contributed by atoms with Gasteiger partial charge in [-0.25, -0.2) is 9.79 Å².